The molecule has 0 nitrogen and oxygen atoms in total. The van der Waals surface area contributed by atoms with E-state index in [1.54, 1.807) is 0 Å². The minimum absolute atomic E-state index is 0.0563. The molecule has 0 bridgehead atoms. The fourth-order valence-electron chi connectivity index (χ4n) is 10.7. The first kappa shape index (κ1) is 43.8. The van der Waals surface area contributed by atoms with Gasteiger partial charge < -0.3 is 0 Å². The van der Waals surface area contributed by atoms with Crippen LogP contribution in [0.1, 0.15) is 74.9 Å². The predicted octanol–water partition coefficient (Wildman–Crippen LogP) is 18.6. The molecule has 0 heteroatoms. The summed E-state index contributed by atoms with van der Waals surface area (Å²) < 4.78 is 0. The van der Waals surface area contributed by atoms with Crippen molar-refractivity contribution in [2.45, 2.75) is 57.8 Å². The summed E-state index contributed by atoms with van der Waals surface area (Å²) in [6.07, 6.45) is 0. The van der Waals surface area contributed by atoms with Crippen molar-refractivity contribution >= 4 is 0 Å². The lowest BCUT2D eigenvalue weighted by Crippen LogP contribution is -2.28. The van der Waals surface area contributed by atoms with Crippen LogP contribution in [-0.4, -0.2) is 0 Å². The normalized spacial score (nSPS) is 12.9. The second-order valence-corrected chi connectivity index (χ2v) is 21.0. The summed E-state index contributed by atoms with van der Waals surface area (Å²) in [5, 5.41) is 0. The van der Waals surface area contributed by atoms with Crippen LogP contribution in [0.25, 0.3) is 77.9 Å². The highest BCUT2D eigenvalue weighted by molar-refractivity contribution is 5.88. The van der Waals surface area contributed by atoms with Crippen LogP contribution < -0.4 is 0 Å². The maximum absolute atomic E-state index is 2.48. The Balaban J connectivity index is 1.09. The fourth-order valence-corrected chi connectivity index (χ4v) is 10.7. The van der Waals surface area contributed by atoms with Gasteiger partial charge in [0.25, 0.3) is 0 Å². The summed E-state index contributed by atoms with van der Waals surface area (Å²) in [7, 11) is 0. The SMILES string of the molecule is CC(C)(C)c1cc(-c2cccc(-c3ccccc3)c2)cc(-c2cccc(C3(c4cccc(-c5cc(-c6cccc(-c7ccccc7)c6)cc(C(C)(C)C)c5)c4)c4ccccc4-c4ccccc43)c2)c1. The molecule has 1 aliphatic carbocycles. The van der Waals surface area contributed by atoms with Crippen LogP contribution in [0.15, 0.2) is 243 Å². The lowest BCUT2D eigenvalue weighted by Gasteiger charge is -2.34. The van der Waals surface area contributed by atoms with Crippen molar-refractivity contribution in [1.82, 2.24) is 0 Å². The molecule has 0 saturated carbocycles. The Labute approximate surface area is 409 Å². The molecule has 0 aromatic heterocycles. The first-order valence-corrected chi connectivity index (χ1v) is 24.5. The fraction of sp³-hybridized carbons (Fsp3) is 0.130. The summed E-state index contributed by atoms with van der Waals surface area (Å²) in [4.78, 5) is 0. The van der Waals surface area contributed by atoms with E-state index in [0.717, 1.165) is 0 Å². The van der Waals surface area contributed by atoms with Gasteiger partial charge in [-0.25, -0.2) is 0 Å². The molecule has 0 unspecified atom stereocenters. The molecule has 69 heavy (non-hydrogen) atoms. The minimum Gasteiger partial charge on any atom is -0.0622 e. The van der Waals surface area contributed by atoms with Gasteiger partial charge >= 0.3 is 0 Å². The van der Waals surface area contributed by atoms with Gasteiger partial charge in [0.1, 0.15) is 0 Å². The van der Waals surface area contributed by atoms with E-state index in [4.69, 9.17) is 0 Å². The van der Waals surface area contributed by atoms with Gasteiger partial charge in [-0.1, -0.05) is 248 Å². The standard InChI is InChI=1S/C69H58/c1-67(2,3)61-43-55(51-27-17-25-49(37-51)47-21-9-7-10-22-47)39-57(45-61)53-29-19-31-59(41-53)69(65-35-15-13-33-63(65)64-34-14-16-36-66(64)69)60-32-20-30-54(42-60)58-40-56(44-62(46-58)68(4,5)6)52-28-18-26-50(38-52)48-23-11-8-12-24-48/h7-46H,1-6H3. The molecular weight excluding hydrogens is 829 g/mol. The van der Waals surface area contributed by atoms with Crippen LogP contribution in [0.4, 0.5) is 0 Å². The molecule has 11 rings (SSSR count). The van der Waals surface area contributed by atoms with Crippen molar-refractivity contribution < 1.29 is 0 Å². The number of hydrogen-bond donors (Lipinski definition) is 0. The Bertz CT molecular complexity index is 3270. The van der Waals surface area contributed by atoms with Gasteiger partial charge in [-0.15, -0.1) is 0 Å². The molecule has 0 fully saturated rings. The van der Waals surface area contributed by atoms with E-state index in [1.807, 2.05) is 0 Å². The molecule has 0 amide bonds. The van der Waals surface area contributed by atoms with Crippen LogP contribution in [0.3, 0.4) is 0 Å². The van der Waals surface area contributed by atoms with E-state index in [-0.39, 0.29) is 10.8 Å². The van der Waals surface area contributed by atoms with Gasteiger partial charge in [0, 0.05) is 0 Å². The topological polar surface area (TPSA) is 0 Å². The molecule has 0 saturated heterocycles. The van der Waals surface area contributed by atoms with Crippen LogP contribution in [0.2, 0.25) is 0 Å². The van der Waals surface area contributed by atoms with Crippen molar-refractivity contribution in [2.75, 3.05) is 0 Å². The third kappa shape index (κ3) is 8.15. The van der Waals surface area contributed by atoms with E-state index in [2.05, 4.69) is 284 Å². The lowest BCUT2D eigenvalue weighted by atomic mass is 9.67. The van der Waals surface area contributed by atoms with Crippen molar-refractivity contribution in [3.63, 3.8) is 0 Å². The Morgan fingerprint density at radius 1 is 0.232 bits per heavy atom. The number of hydrogen-bond acceptors (Lipinski definition) is 0. The van der Waals surface area contributed by atoms with Gasteiger partial charge in [-0.05, 0) is 158 Å². The highest BCUT2D eigenvalue weighted by Crippen LogP contribution is 2.57. The Kier molecular flexibility index (Phi) is 11.0. The van der Waals surface area contributed by atoms with Gasteiger partial charge in [0.15, 0.2) is 0 Å². The summed E-state index contributed by atoms with van der Waals surface area (Å²) >= 11 is 0. The first-order chi connectivity index (χ1) is 33.4. The molecule has 1 aliphatic rings. The highest BCUT2D eigenvalue weighted by atomic mass is 14.5. The number of benzene rings is 10. The molecule has 10 aromatic carbocycles. The van der Waals surface area contributed by atoms with Crippen molar-refractivity contribution in [2.24, 2.45) is 0 Å². The van der Waals surface area contributed by atoms with Crippen molar-refractivity contribution in [3.05, 3.63) is 276 Å². The van der Waals surface area contributed by atoms with Gasteiger partial charge in [-0.2, -0.15) is 0 Å². The second-order valence-electron chi connectivity index (χ2n) is 21.0. The lowest BCUT2D eigenvalue weighted by molar-refractivity contribution is 0.590. The number of fused-ring (bicyclic) bond motifs is 3. The van der Waals surface area contributed by atoms with Gasteiger partial charge in [0.2, 0.25) is 0 Å². The molecule has 0 N–H and O–H groups in total. The third-order valence-corrected chi connectivity index (χ3v) is 14.4. The van der Waals surface area contributed by atoms with Gasteiger partial charge in [-0.3, -0.25) is 0 Å². The van der Waals surface area contributed by atoms with Crippen molar-refractivity contribution in [3.8, 4) is 77.9 Å². The molecule has 10 aromatic rings. The zero-order valence-electron chi connectivity index (χ0n) is 40.6. The van der Waals surface area contributed by atoms with E-state index in [0.29, 0.717) is 0 Å². The predicted molar refractivity (Wildman–Crippen MR) is 294 cm³/mol. The summed E-state index contributed by atoms with van der Waals surface area (Å²) in [5.41, 5.74) is 24.3. The van der Waals surface area contributed by atoms with Crippen molar-refractivity contribution in [1.29, 1.82) is 0 Å². The average Bonchev–Trinajstić information content (AvgIpc) is 3.69. The van der Waals surface area contributed by atoms with Gasteiger partial charge in [0.05, 0.1) is 5.41 Å². The van der Waals surface area contributed by atoms with E-state index >= 15 is 0 Å². The Morgan fingerprint density at radius 2 is 0.507 bits per heavy atom. The maximum atomic E-state index is 2.48. The van der Waals surface area contributed by atoms with Crippen LogP contribution >= 0.6 is 0 Å². The zero-order valence-corrected chi connectivity index (χ0v) is 40.6. The molecule has 0 heterocycles. The van der Waals surface area contributed by atoms with E-state index in [1.165, 1.54) is 111 Å². The molecule has 0 radical (unpaired) electrons. The Morgan fingerprint density at radius 3 is 0.870 bits per heavy atom. The first-order valence-electron chi connectivity index (χ1n) is 24.5. The van der Waals surface area contributed by atoms with Crippen LogP contribution in [-0.2, 0) is 16.2 Å². The second kappa shape index (κ2) is 17.4. The summed E-state index contributed by atoms with van der Waals surface area (Å²) in [5.74, 6) is 0. The molecule has 0 aliphatic heterocycles. The van der Waals surface area contributed by atoms with E-state index < -0.39 is 5.41 Å². The largest absolute Gasteiger partial charge is 0.0713 e. The zero-order chi connectivity index (χ0) is 47.3. The third-order valence-electron chi connectivity index (χ3n) is 14.4. The quantitative estimate of drug-likeness (QED) is 0.143. The maximum Gasteiger partial charge on any atom is 0.0713 e. The summed E-state index contributed by atoms with van der Waals surface area (Å²) in [6, 6.07) is 90.9. The molecular formula is C69H58. The van der Waals surface area contributed by atoms with Crippen LogP contribution in [0, 0.1) is 0 Å². The average molecular weight is 887 g/mol. The summed E-state index contributed by atoms with van der Waals surface area (Å²) in [6.45, 7) is 13.9. The highest BCUT2D eigenvalue weighted by Gasteiger charge is 2.46. The van der Waals surface area contributed by atoms with E-state index in [9.17, 15) is 0 Å². The molecule has 334 valence electrons. The van der Waals surface area contributed by atoms with Crippen LogP contribution in [0.5, 0.6) is 0 Å². The Hall–Kier alpha value is -7.80. The monoisotopic (exact) mass is 886 g/mol. The number of rotatable bonds is 8. The molecule has 0 spiro atoms. The minimum atomic E-state index is -0.581. The smallest absolute Gasteiger partial charge is 0.0622 e. The molecule has 0 atom stereocenters.